The number of amides is 1. The molecule has 1 saturated heterocycles. The third-order valence-corrected chi connectivity index (χ3v) is 3.74. The summed E-state index contributed by atoms with van der Waals surface area (Å²) < 4.78 is 0. The van der Waals surface area contributed by atoms with Crippen LogP contribution in [0.15, 0.2) is 24.3 Å². The van der Waals surface area contributed by atoms with Gasteiger partial charge in [-0.1, -0.05) is 38.1 Å². The van der Waals surface area contributed by atoms with Gasteiger partial charge in [-0.3, -0.25) is 4.79 Å². The van der Waals surface area contributed by atoms with Crippen molar-refractivity contribution in [2.24, 2.45) is 0 Å². The molecular weight excluding hydrogens is 236 g/mol. The van der Waals surface area contributed by atoms with E-state index in [1.54, 1.807) is 0 Å². The van der Waals surface area contributed by atoms with Gasteiger partial charge in [0.1, 0.15) is 0 Å². The maximum absolute atomic E-state index is 12.0. The lowest BCUT2D eigenvalue weighted by Gasteiger charge is -2.27. The molecule has 0 atom stereocenters. The molecule has 1 amide bonds. The van der Waals surface area contributed by atoms with E-state index in [0.717, 1.165) is 32.6 Å². The first-order valence-electron chi connectivity index (χ1n) is 7.24. The predicted octanol–water partition coefficient (Wildman–Crippen LogP) is 2.17. The number of hydrogen-bond donors (Lipinski definition) is 1. The fourth-order valence-corrected chi connectivity index (χ4v) is 2.39. The van der Waals surface area contributed by atoms with Gasteiger partial charge in [0.25, 0.3) is 0 Å². The molecule has 1 fully saturated rings. The van der Waals surface area contributed by atoms with E-state index in [4.69, 9.17) is 0 Å². The minimum absolute atomic E-state index is 0.287. The molecule has 0 aliphatic carbocycles. The van der Waals surface area contributed by atoms with E-state index in [9.17, 15) is 4.79 Å². The Morgan fingerprint density at radius 1 is 1.21 bits per heavy atom. The molecule has 1 aromatic rings. The Kier molecular flexibility index (Phi) is 4.97. The van der Waals surface area contributed by atoms with Crippen molar-refractivity contribution in [2.45, 2.75) is 32.6 Å². The van der Waals surface area contributed by atoms with Gasteiger partial charge in [-0.05, 0) is 23.5 Å². The molecular formula is C16H24N2O. The summed E-state index contributed by atoms with van der Waals surface area (Å²) in [6, 6.07) is 8.66. The van der Waals surface area contributed by atoms with Crippen LogP contribution < -0.4 is 5.32 Å². The van der Waals surface area contributed by atoms with Gasteiger partial charge in [0.05, 0.1) is 0 Å². The van der Waals surface area contributed by atoms with Crippen LogP contribution in [0, 0.1) is 0 Å². The number of carbonyl (C=O) groups is 1. The molecule has 1 aromatic carbocycles. The van der Waals surface area contributed by atoms with Gasteiger partial charge in [-0.25, -0.2) is 0 Å². The summed E-state index contributed by atoms with van der Waals surface area (Å²) in [5, 5.41) is 3.27. The number of carbonyl (C=O) groups excluding carboxylic acids is 1. The molecule has 1 heterocycles. The lowest BCUT2D eigenvalue weighted by atomic mass is 10.00. The fourth-order valence-electron chi connectivity index (χ4n) is 2.39. The highest BCUT2D eigenvalue weighted by atomic mass is 16.2. The first kappa shape index (κ1) is 14.1. The summed E-state index contributed by atoms with van der Waals surface area (Å²) in [5.41, 5.74) is 2.62. The highest BCUT2D eigenvalue weighted by Gasteiger charge is 2.15. The molecule has 0 aromatic heterocycles. The average Bonchev–Trinajstić information content (AvgIpc) is 2.46. The molecule has 0 spiro atoms. The molecule has 1 aliphatic rings. The van der Waals surface area contributed by atoms with E-state index in [-0.39, 0.29) is 5.91 Å². The van der Waals surface area contributed by atoms with E-state index in [1.165, 1.54) is 11.1 Å². The molecule has 0 saturated carbocycles. The largest absolute Gasteiger partial charge is 0.340 e. The number of benzene rings is 1. The lowest BCUT2D eigenvalue weighted by molar-refractivity contribution is -0.131. The Bertz CT molecular complexity index is 405. The Balaban J connectivity index is 1.82. The standard InChI is InChI=1S/C16H24N2O/c1-13(2)15-6-3-14(4-7-15)5-8-16(19)18-11-9-17-10-12-18/h3-4,6-7,13,17H,5,8-12H2,1-2H3. The molecule has 1 N–H and O–H groups in total. The van der Waals surface area contributed by atoms with Crippen molar-refractivity contribution in [1.29, 1.82) is 0 Å². The van der Waals surface area contributed by atoms with Crippen molar-refractivity contribution in [3.05, 3.63) is 35.4 Å². The Hall–Kier alpha value is -1.35. The third kappa shape index (κ3) is 4.06. The van der Waals surface area contributed by atoms with E-state index in [0.29, 0.717) is 12.3 Å². The van der Waals surface area contributed by atoms with E-state index in [1.807, 2.05) is 4.90 Å². The zero-order valence-corrected chi connectivity index (χ0v) is 12.0. The van der Waals surface area contributed by atoms with Crippen LogP contribution >= 0.6 is 0 Å². The quantitative estimate of drug-likeness (QED) is 0.900. The third-order valence-electron chi connectivity index (χ3n) is 3.74. The molecule has 104 valence electrons. The van der Waals surface area contributed by atoms with Gasteiger partial charge in [-0.2, -0.15) is 0 Å². The first-order chi connectivity index (χ1) is 9.16. The van der Waals surface area contributed by atoms with Gasteiger partial charge >= 0.3 is 0 Å². The Morgan fingerprint density at radius 3 is 2.42 bits per heavy atom. The van der Waals surface area contributed by atoms with Crippen molar-refractivity contribution in [3.8, 4) is 0 Å². The van der Waals surface area contributed by atoms with Gasteiger partial charge in [0.2, 0.25) is 5.91 Å². The zero-order valence-electron chi connectivity index (χ0n) is 12.0. The topological polar surface area (TPSA) is 32.3 Å². The highest BCUT2D eigenvalue weighted by Crippen LogP contribution is 2.15. The fraction of sp³-hybridized carbons (Fsp3) is 0.562. The molecule has 0 unspecified atom stereocenters. The number of hydrogen-bond acceptors (Lipinski definition) is 2. The second kappa shape index (κ2) is 6.71. The van der Waals surface area contributed by atoms with Crippen molar-refractivity contribution >= 4 is 5.91 Å². The van der Waals surface area contributed by atoms with Crippen molar-refractivity contribution < 1.29 is 4.79 Å². The van der Waals surface area contributed by atoms with Crippen LogP contribution in [0.25, 0.3) is 0 Å². The maximum Gasteiger partial charge on any atom is 0.222 e. The van der Waals surface area contributed by atoms with Crippen LogP contribution in [0.4, 0.5) is 0 Å². The average molecular weight is 260 g/mol. The highest BCUT2D eigenvalue weighted by molar-refractivity contribution is 5.76. The predicted molar refractivity (Wildman–Crippen MR) is 78.3 cm³/mol. The molecule has 1 aliphatic heterocycles. The summed E-state index contributed by atoms with van der Waals surface area (Å²) >= 11 is 0. The minimum Gasteiger partial charge on any atom is -0.340 e. The number of rotatable bonds is 4. The van der Waals surface area contributed by atoms with Crippen LogP contribution in [-0.4, -0.2) is 37.0 Å². The lowest BCUT2D eigenvalue weighted by Crippen LogP contribution is -2.46. The van der Waals surface area contributed by atoms with Crippen molar-refractivity contribution in [2.75, 3.05) is 26.2 Å². The first-order valence-corrected chi connectivity index (χ1v) is 7.24. The summed E-state index contributed by atoms with van der Waals surface area (Å²) in [5.74, 6) is 0.853. The molecule has 19 heavy (non-hydrogen) atoms. The molecule has 2 rings (SSSR count). The summed E-state index contributed by atoms with van der Waals surface area (Å²) in [6.07, 6.45) is 1.47. The van der Waals surface area contributed by atoms with Crippen LogP contribution in [0.5, 0.6) is 0 Å². The number of nitrogens with zero attached hydrogens (tertiary/aromatic N) is 1. The molecule has 3 nitrogen and oxygen atoms in total. The molecule has 3 heteroatoms. The van der Waals surface area contributed by atoms with Gasteiger partial charge in [0.15, 0.2) is 0 Å². The minimum atomic E-state index is 0.287. The van der Waals surface area contributed by atoms with Gasteiger partial charge in [-0.15, -0.1) is 0 Å². The van der Waals surface area contributed by atoms with Crippen LogP contribution in [0.2, 0.25) is 0 Å². The van der Waals surface area contributed by atoms with E-state index >= 15 is 0 Å². The van der Waals surface area contributed by atoms with Crippen molar-refractivity contribution in [1.82, 2.24) is 10.2 Å². The van der Waals surface area contributed by atoms with Crippen molar-refractivity contribution in [3.63, 3.8) is 0 Å². The number of nitrogens with one attached hydrogen (secondary N) is 1. The smallest absolute Gasteiger partial charge is 0.222 e. The number of aryl methyl sites for hydroxylation is 1. The Labute approximate surface area is 116 Å². The second-order valence-corrected chi connectivity index (χ2v) is 5.53. The SMILES string of the molecule is CC(C)c1ccc(CCC(=O)N2CCNCC2)cc1. The van der Waals surface area contributed by atoms with E-state index < -0.39 is 0 Å². The monoisotopic (exact) mass is 260 g/mol. The molecule has 0 bridgehead atoms. The van der Waals surface area contributed by atoms with Crippen LogP contribution in [0.3, 0.4) is 0 Å². The normalized spacial score (nSPS) is 15.8. The van der Waals surface area contributed by atoms with Gasteiger partial charge < -0.3 is 10.2 Å². The second-order valence-electron chi connectivity index (χ2n) is 5.53. The molecule has 0 radical (unpaired) electrons. The van der Waals surface area contributed by atoms with Crippen LogP contribution in [-0.2, 0) is 11.2 Å². The van der Waals surface area contributed by atoms with Gasteiger partial charge in [0, 0.05) is 32.6 Å². The Morgan fingerprint density at radius 2 is 1.84 bits per heavy atom. The van der Waals surface area contributed by atoms with Crippen LogP contribution in [0.1, 0.15) is 37.3 Å². The maximum atomic E-state index is 12.0. The van der Waals surface area contributed by atoms with E-state index in [2.05, 4.69) is 43.4 Å². The summed E-state index contributed by atoms with van der Waals surface area (Å²) in [4.78, 5) is 14.0. The summed E-state index contributed by atoms with van der Waals surface area (Å²) in [6.45, 7) is 7.95. The zero-order chi connectivity index (χ0) is 13.7. The number of piperazine rings is 1. The summed E-state index contributed by atoms with van der Waals surface area (Å²) in [7, 11) is 0.